The van der Waals surface area contributed by atoms with Crippen molar-refractivity contribution in [2.45, 2.75) is 25.8 Å². The van der Waals surface area contributed by atoms with Crippen LogP contribution in [0.5, 0.6) is 0 Å². The fraction of sp³-hybridized carbons (Fsp3) is 0.455. The van der Waals surface area contributed by atoms with Crippen LogP contribution < -0.4 is 10.2 Å². The number of benzene rings is 1. The van der Waals surface area contributed by atoms with E-state index in [1.807, 2.05) is 24.3 Å². The van der Waals surface area contributed by atoms with Crippen molar-refractivity contribution in [3.8, 4) is 0 Å². The number of anilines is 1. The highest BCUT2D eigenvalue weighted by Crippen LogP contribution is 2.31. The Kier molecular flexibility index (Phi) is 6.67. The molecule has 2 unspecified atom stereocenters. The van der Waals surface area contributed by atoms with E-state index in [0.717, 1.165) is 36.2 Å². The highest BCUT2D eigenvalue weighted by molar-refractivity contribution is 9.10. The molecule has 0 aliphatic carbocycles. The van der Waals surface area contributed by atoms with Crippen molar-refractivity contribution < 1.29 is 9.59 Å². The third-order valence-corrected chi connectivity index (χ3v) is 7.30. The maximum Gasteiger partial charge on any atom is 0.227 e. The minimum absolute atomic E-state index is 0.00304. The number of halogens is 1. The van der Waals surface area contributed by atoms with Gasteiger partial charge < -0.3 is 10.2 Å². The Balaban J connectivity index is 1.27. The van der Waals surface area contributed by atoms with Crippen LogP contribution in [-0.4, -0.2) is 42.9 Å². The molecule has 4 rings (SSSR count). The van der Waals surface area contributed by atoms with Gasteiger partial charge in [-0.2, -0.15) is 0 Å². The fourth-order valence-corrected chi connectivity index (χ4v) is 5.51. The summed E-state index contributed by atoms with van der Waals surface area (Å²) in [5.41, 5.74) is 0.837. The third-order valence-electron chi connectivity index (χ3n) is 5.77. The van der Waals surface area contributed by atoms with Gasteiger partial charge in [-0.25, -0.2) is 0 Å². The van der Waals surface area contributed by atoms with Crippen molar-refractivity contribution in [3.05, 3.63) is 51.1 Å². The van der Waals surface area contributed by atoms with Crippen LogP contribution in [0, 0.1) is 11.8 Å². The molecule has 0 bridgehead atoms. The van der Waals surface area contributed by atoms with Gasteiger partial charge in [-0.15, -0.1) is 11.3 Å². The van der Waals surface area contributed by atoms with Crippen molar-refractivity contribution >= 4 is 44.8 Å². The Bertz CT molecular complexity index is 858. The fourth-order valence-electron chi connectivity index (χ4n) is 4.26. The number of likely N-dealkylation sites (tertiary alicyclic amines) is 1. The van der Waals surface area contributed by atoms with Gasteiger partial charge in [-0.1, -0.05) is 18.2 Å². The lowest BCUT2D eigenvalue weighted by molar-refractivity contribution is -0.126. The van der Waals surface area contributed by atoms with Gasteiger partial charge in [0, 0.05) is 41.9 Å². The Hall–Kier alpha value is -1.70. The number of nitrogens with zero attached hydrogens (tertiary/aromatic N) is 2. The zero-order valence-electron chi connectivity index (χ0n) is 16.4. The topological polar surface area (TPSA) is 52.7 Å². The number of rotatable bonds is 6. The summed E-state index contributed by atoms with van der Waals surface area (Å²) >= 11 is 5.30. The Morgan fingerprint density at radius 1 is 1.21 bits per heavy atom. The van der Waals surface area contributed by atoms with E-state index in [9.17, 15) is 9.59 Å². The van der Waals surface area contributed by atoms with E-state index in [0.29, 0.717) is 19.0 Å². The number of carbonyl (C=O) groups excluding carboxylic acids is 2. The first-order valence-electron chi connectivity index (χ1n) is 10.2. The lowest BCUT2D eigenvalue weighted by atomic mass is 9.97. The van der Waals surface area contributed by atoms with Crippen molar-refractivity contribution in [1.29, 1.82) is 0 Å². The van der Waals surface area contributed by atoms with Crippen LogP contribution in [-0.2, 0) is 16.1 Å². The average Bonchev–Trinajstić information content (AvgIpc) is 3.36. The normalized spacial score (nSPS) is 22.8. The minimum atomic E-state index is -0.277. The molecule has 0 saturated carbocycles. The number of piperidine rings is 1. The predicted octanol–water partition coefficient (Wildman–Crippen LogP) is 3.89. The Morgan fingerprint density at radius 2 is 2.07 bits per heavy atom. The number of hydrogen-bond donors (Lipinski definition) is 1. The molecular formula is C22H26BrN3O2S. The maximum absolute atomic E-state index is 12.7. The molecule has 1 aromatic carbocycles. The third kappa shape index (κ3) is 5.08. The van der Waals surface area contributed by atoms with Gasteiger partial charge in [0.15, 0.2) is 0 Å². The Morgan fingerprint density at radius 3 is 2.86 bits per heavy atom. The summed E-state index contributed by atoms with van der Waals surface area (Å²) in [6, 6.07) is 11.9. The number of para-hydroxylation sites is 1. The van der Waals surface area contributed by atoms with Crippen LogP contribution in [0.1, 0.15) is 24.1 Å². The van der Waals surface area contributed by atoms with Gasteiger partial charge in [-0.3, -0.25) is 14.5 Å². The quantitative estimate of drug-likeness (QED) is 0.689. The van der Waals surface area contributed by atoms with Crippen LogP contribution in [0.3, 0.4) is 0 Å². The van der Waals surface area contributed by atoms with Gasteiger partial charge in [0.25, 0.3) is 0 Å². The molecule has 1 N–H and O–H groups in total. The molecule has 1 aromatic heterocycles. The molecule has 2 aromatic rings. The van der Waals surface area contributed by atoms with E-state index in [-0.39, 0.29) is 24.2 Å². The number of nitrogens with one attached hydrogen (secondary N) is 1. The second-order valence-corrected chi connectivity index (χ2v) is 9.81. The molecule has 2 fully saturated rings. The van der Waals surface area contributed by atoms with E-state index < -0.39 is 0 Å². The van der Waals surface area contributed by atoms with Crippen molar-refractivity contribution in [2.75, 3.05) is 31.1 Å². The summed E-state index contributed by atoms with van der Waals surface area (Å²) in [6.45, 7) is 4.29. The summed E-state index contributed by atoms with van der Waals surface area (Å²) < 4.78 is 0.877. The zero-order chi connectivity index (χ0) is 20.2. The van der Waals surface area contributed by atoms with Crippen LogP contribution >= 0.6 is 27.3 Å². The van der Waals surface area contributed by atoms with Crippen LogP contribution in [0.25, 0.3) is 0 Å². The summed E-state index contributed by atoms with van der Waals surface area (Å²) in [5, 5.41) is 5.25. The molecule has 0 spiro atoms. The van der Waals surface area contributed by atoms with Crippen LogP contribution in [0.4, 0.5) is 5.69 Å². The van der Waals surface area contributed by atoms with Gasteiger partial charge >= 0.3 is 0 Å². The molecule has 2 aliphatic heterocycles. The number of carbonyl (C=O) groups is 2. The number of thiophene rings is 1. The van der Waals surface area contributed by atoms with Crippen molar-refractivity contribution in [1.82, 2.24) is 10.2 Å². The van der Waals surface area contributed by atoms with Gasteiger partial charge in [0.2, 0.25) is 11.8 Å². The average molecular weight is 476 g/mol. The molecule has 7 heteroatoms. The second-order valence-electron chi connectivity index (χ2n) is 7.92. The Labute approximate surface area is 184 Å². The van der Waals surface area contributed by atoms with Crippen molar-refractivity contribution in [3.63, 3.8) is 0 Å². The van der Waals surface area contributed by atoms with E-state index in [1.165, 1.54) is 11.3 Å². The lowest BCUT2D eigenvalue weighted by Crippen LogP contribution is -2.42. The molecule has 154 valence electrons. The first kappa shape index (κ1) is 20.6. The van der Waals surface area contributed by atoms with E-state index in [1.54, 1.807) is 16.2 Å². The largest absolute Gasteiger partial charge is 0.355 e. The molecule has 2 aliphatic rings. The minimum Gasteiger partial charge on any atom is -0.355 e. The van der Waals surface area contributed by atoms with Crippen molar-refractivity contribution in [2.24, 2.45) is 11.8 Å². The highest BCUT2D eigenvalue weighted by Gasteiger charge is 2.36. The highest BCUT2D eigenvalue weighted by atomic mass is 79.9. The molecule has 2 amide bonds. The molecule has 2 atom stereocenters. The van der Waals surface area contributed by atoms with E-state index in [4.69, 9.17) is 0 Å². The predicted molar refractivity (Wildman–Crippen MR) is 120 cm³/mol. The molecule has 5 nitrogen and oxygen atoms in total. The van der Waals surface area contributed by atoms with E-state index >= 15 is 0 Å². The summed E-state index contributed by atoms with van der Waals surface area (Å²) in [7, 11) is 0. The number of amides is 2. The van der Waals surface area contributed by atoms with Gasteiger partial charge in [0.05, 0.1) is 11.6 Å². The molecule has 0 radical (unpaired) electrons. The van der Waals surface area contributed by atoms with Crippen LogP contribution in [0.15, 0.2) is 46.3 Å². The lowest BCUT2D eigenvalue weighted by Gasteiger charge is -2.32. The first-order chi connectivity index (χ1) is 14.1. The number of hydrogen-bond acceptors (Lipinski definition) is 4. The summed E-state index contributed by atoms with van der Waals surface area (Å²) in [4.78, 5) is 30.8. The maximum atomic E-state index is 12.7. The zero-order valence-corrected chi connectivity index (χ0v) is 18.8. The molecule has 3 heterocycles. The summed E-state index contributed by atoms with van der Waals surface area (Å²) in [5.74, 6) is 0.213. The standard InChI is InChI=1S/C22H26BrN3O2S/c23-19-7-1-2-8-20(19)26-14-17(11-21(26)27)22(28)24-12-16-5-3-9-25(13-16)15-18-6-4-10-29-18/h1-2,4,6-8,10,16-17H,3,5,9,11-15H2,(H,24,28). The smallest absolute Gasteiger partial charge is 0.227 e. The van der Waals surface area contributed by atoms with E-state index in [2.05, 4.69) is 43.7 Å². The molecule has 2 saturated heterocycles. The first-order valence-corrected chi connectivity index (χ1v) is 11.8. The summed E-state index contributed by atoms with van der Waals surface area (Å²) in [6.07, 6.45) is 2.60. The SMILES string of the molecule is O=C(NCC1CCCN(Cc2cccs2)C1)C1CC(=O)N(c2ccccc2Br)C1. The van der Waals surface area contributed by atoms with Gasteiger partial charge in [-0.05, 0) is 64.8 Å². The monoisotopic (exact) mass is 475 g/mol. The second kappa shape index (κ2) is 9.41. The molecule has 29 heavy (non-hydrogen) atoms. The molecular weight excluding hydrogens is 450 g/mol. The van der Waals surface area contributed by atoms with Crippen LogP contribution in [0.2, 0.25) is 0 Å². The van der Waals surface area contributed by atoms with Gasteiger partial charge in [0.1, 0.15) is 0 Å².